The van der Waals surface area contributed by atoms with Crippen molar-refractivity contribution in [3.8, 4) is 0 Å². The van der Waals surface area contributed by atoms with E-state index < -0.39 is 15.9 Å². The summed E-state index contributed by atoms with van der Waals surface area (Å²) in [5.41, 5.74) is 0. The summed E-state index contributed by atoms with van der Waals surface area (Å²) in [4.78, 5) is 12.1. The van der Waals surface area contributed by atoms with Crippen molar-refractivity contribution in [1.82, 2.24) is 0 Å². The lowest BCUT2D eigenvalue weighted by atomic mass is 9.52. The van der Waals surface area contributed by atoms with E-state index in [1.165, 1.54) is 6.42 Å². The van der Waals surface area contributed by atoms with Crippen LogP contribution in [0.3, 0.4) is 0 Å². The first-order valence-corrected chi connectivity index (χ1v) is 8.60. The molecule has 4 fully saturated rings. The van der Waals surface area contributed by atoms with Crippen LogP contribution in [0.15, 0.2) is 0 Å². The first-order chi connectivity index (χ1) is 8.92. The van der Waals surface area contributed by atoms with Gasteiger partial charge in [-0.1, -0.05) is 0 Å². The predicted octanol–water partition coefficient (Wildman–Crippen LogP) is 1.15. The van der Waals surface area contributed by atoms with E-state index in [0.717, 1.165) is 37.5 Å². The van der Waals surface area contributed by atoms with Crippen LogP contribution in [0.2, 0.25) is 0 Å². The van der Waals surface area contributed by atoms with Gasteiger partial charge >= 0.3 is 5.97 Å². The topological polar surface area (TPSA) is 83.5 Å². The fourth-order valence-corrected chi connectivity index (χ4v) is 4.94. The second-order valence-corrected chi connectivity index (χ2v) is 7.91. The van der Waals surface area contributed by atoms with Crippen molar-refractivity contribution in [2.75, 3.05) is 12.4 Å². The van der Waals surface area contributed by atoms with E-state index in [4.69, 9.17) is 4.74 Å². The second-order valence-electron chi connectivity index (χ2n) is 6.39. The maximum absolute atomic E-state index is 12.1. The summed E-state index contributed by atoms with van der Waals surface area (Å²) in [6.45, 7) is -0.298. The highest BCUT2D eigenvalue weighted by atomic mass is 32.2. The molecule has 0 aromatic heterocycles. The molecule has 0 aromatic rings. The molecule has 0 N–H and O–H groups in total. The van der Waals surface area contributed by atoms with Gasteiger partial charge in [0.2, 0.25) is 0 Å². The highest BCUT2D eigenvalue weighted by molar-refractivity contribution is 7.85. The highest BCUT2D eigenvalue weighted by Gasteiger charge is 2.51. The third-order valence-corrected chi connectivity index (χ3v) is 5.74. The Balaban J connectivity index is 1.58. The van der Waals surface area contributed by atoms with Gasteiger partial charge in [-0.3, -0.25) is 4.79 Å². The second kappa shape index (κ2) is 4.74. The van der Waals surface area contributed by atoms with Crippen molar-refractivity contribution < 1.29 is 22.5 Å². The van der Waals surface area contributed by atoms with Crippen molar-refractivity contribution in [3.05, 3.63) is 0 Å². The van der Waals surface area contributed by atoms with Crippen LogP contribution in [0.25, 0.3) is 0 Å². The van der Waals surface area contributed by atoms with Gasteiger partial charge < -0.3 is 9.29 Å². The minimum Gasteiger partial charge on any atom is -0.748 e. The lowest BCUT2D eigenvalue weighted by molar-refractivity contribution is -0.161. The summed E-state index contributed by atoms with van der Waals surface area (Å²) < 4.78 is 36.5. The number of hydrogen-bond donors (Lipinski definition) is 0. The van der Waals surface area contributed by atoms with Crippen LogP contribution in [-0.2, 0) is 19.6 Å². The number of rotatable bonds is 4. The average molecular weight is 287 g/mol. The van der Waals surface area contributed by atoms with Crippen LogP contribution >= 0.6 is 0 Å². The summed E-state index contributed by atoms with van der Waals surface area (Å²) in [5, 5.41) is 0. The molecule has 108 valence electrons. The lowest BCUT2D eigenvalue weighted by Gasteiger charge is -2.53. The Kier molecular flexibility index (Phi) is 3.33. The Morgan fingerprint density at radius 1 is 1.05 bits per heavy atom. The summed E-state index contributed by atoms with van der Waals surface area (Å²) in [6.07, 6.45) is 5.79. The Hall–Kier alpha value is -0.620. The Labute approximate surface area is 113 Å². The van der Waals surface area contributed by atoms with Gasteiger partial charge in [-0.25, -0.2) is 8.42 Å². The van der Waals surface area contributed by atoms with E-state index in [1.54, 1.807) is 0 Å². The van der Waals surface area contributed by atoms with E-state index in [-0.39, 0.29) is 18.5 Å². The molecule has 0 saturated heterocycles. The van der Waals surface area contributed by atoms with Gasteiger partial charge in [-0.15, -0.1) is 0 Å². The standard InChI is InChI=1S/C13H20O5S/c14-13(18-1-2-19(15,16)17)12-10-4-8-3-9(6-10)7-11(12)5-8/h8-12H,1-7H2,(H,15,16,17)/p-1. The number of hydrogen-bond acceptors (Lipinski definition) is 5. The third kappa shape index (κ3) is 2.79. The van der Waals surface area contributed by atoms with Gasteiger partial charge in [0.15, 0.2) is 0 Å². The van der Waals surface area contributed by atoms with Crippen LogP contribution in [0, 0.1) is 29.6 Å². The molecule has 0 aromatic carbocycles. The fraction of sp³-hybridized carbons (Fsp3) is 0.923. The molecule has 0 spiro atoms. The first-order valence-electron chi connectivity index (χ1n) is 7.02. The van der Waals surface area contributed by atoms with E-state index in [9.17, 15) is 17.8 Å². The van der Waals surface area contributed by atoms with Gasteiger partial charge in [0.1, 0.15) is 6.61 Å². The molecular weight excluding hydrogens is 268 g/mol. The molecule has 19 heavy (non-hydrogen) atoms. The highest BCUT2D eigenvalue weighted by Crippen LogP contribution is 2.56. The van der Waals surface area contributed by atoms with Gasteiger partial charge in [-0.2, -0.15) is 0 Å². The molecule has 4 saturated carbocycles. The van der Waals surface area contributed by atoms with Crippen molar-refractivity contribution in [2.24, 2.45) is 29.6 Å². The summed E-state index contributed by atoms with van der Waals surface area (Å²) >= 11 is 0. The smallest absolute Gasteiger partial charge is 0.309 e. The lowest BCUT2D eigenvalue weighted by Crippen LogP contribution is -2.48. The molecule has 0 heterocycles. The van der Waals surface area contributed by atoms with Crippen LogP contribution in [0.1, 0.15) is 32.1 Å². The molecule has 6 heteroatoms. The van der Waals surface area contributed by atoms with Crippen molar-refractivity contribution in [3.63, 3.8) is 0 Å². The molecule has 0 unspecified atom stereocenters. The maximum atomic E-state index is 12.1. The van der Waals surface area contributed by atoms with Gasteiger partial charge in [0, 0.05) is 0 Å². The molecule has 4 rings (SSSR count). The molecule has 5 nitrogen and oxygen atoms in total. The maximum Gasteiger partial charge on any atom is 0.309 e. The number of esters is 1. The number of ether oxygens (including phenoxy) is 1. The zero-order valence-corrected chi connectivity index (χ0v) is 11.6. The van der Waals surface area contributed by atoms with Crippen LogP contribution in [-0.4, -0.2) is 31.3 Å². The van der Waals surface area contributed by atoms with Gasteiger partial charge in [-0.05, 0) is 55.8 Å². The first kappa shape index (κ1) is 13.4. The molecule has 4 aliphatic rings. The summed E-state index contributed by atoms with van der Waals surface area (Å²) in [7, 11) is -4.30. The van der Waals surface area contributed by atoms with Crippen LogP contribution < -0.4 is 0 Å². The molecule has 0 radical (unpaired) electrons. The Morgan fingerprint density at radius 3 is 2.05 bits per heavy atom. The number of carbonyl (C=O) groups is 1. The van der Waals surface area contributed by atoms with Gasteiger partial charge in [0.05, 0.1) is 21.8 Å². The van der Waals surface area contributed by atoms with E-state index in [1.807, 2.05) is 0 Å². The normalized spacial score (nSPS) is 40.4. The van der Waals surface area contributed by atoms with Crippen LogP contribution in [0.5, 0.6) is 0 Å². The van der Waals surface area contributed by atoms with E-state index >= 15 is 0 Å². The Morgan fingerprint density at radius 2 is 1.58 bits per heavy atom. The summed E-state index contributed by atoms with van der Waals surface area (Å²) in [5.74, 6) is 1.47. The third-order valence-electron chi connectivity index (χ3n) is 5.08. The number of carbonyl (C=O) groups excluding carboxylic acids is 1. The SMILES string of the molecule is O=C(OCCS(=O)(=O)[O-])C1C2CC3CC(C2)CC1C3. The van der Waals surface area contributed by atoms with Crippen molar-refractivity contribution in [1.29, 1.82) is 0 Å². The minimum atomic E-state index is -4.30. The molecule has 0 aliphatic heterocycles. The predicted molar refractivity (Wildman–Crippen MR) is 66.1 cm³/mol. The molecule has 0 atom stereocenters. The van der Waals surface area contributed by atoms with Gasteiger partial charge in [0.25, 0.3) is 0 Å². The molecule has 4 aliphatic carbocycles. The molecular formula is C13H19O5S-. The van der Waals surface area contributed by atoms with Crippen molar-refractivity contribution >= 4 is 16.1 Å². The fourth-order valence-electron chi connectivity index (χ4n) is 4.65. The van der Waals surface area contributed by atoms with E-state index in [0.29, 0.717) is 11.8 Å². The Bertz CT molecular complexity index is 441. The average Bonchev–Trinajstić information content (AvgIpc) is 2.25. The molecule has 4 bridgehead atoms. The minimum absolute atomic E-state index is 0.0536. The zero-order valence-electron chi connectivity index (χ0n) is 10.8. The zero-order chi connectivity index (χ0) is 13.6. The summed E-state index contributed by atoms with van der Waals surface area (Å²) in [6, 6.07) is 0. The quantitative estimate of drug-likeness (QED) is 0.572. The van der Waals surface area contributed by atoms with Crippen LogP contribution in [0.4, 0.5) is 0 Å². The van der Waals surface area contributed by atoms with Crippen molar-refractivity contribution in [2.45, 2.75) is 32.1 Å². The monoisotopic (exact) mass is 287 g/mol. The van der Waals surface area contributed by atoms with E-state index in [2.05, 4.69) is 0 Å². The largest absolute Gasteiger partial charge is 0.748 e. The molecule has 0 amide bonds.